The van der Waals surface area contributed by atoms with Crippen molar-refractivity contribution in [3.05, 3.63) is 0 Å². The van der Waals surface area contributed by atoms with Crippen LogP contribution < -0.4 is 0 Å². The fourth-order valence-corrected chi connectivity index (χ4v) is 10.1. The van der Waals surface area contributed by atoms with Gasteiger partial charge in [-0.05, 0) is 25.2 Å². The molecule has 0 radical (unpaired) electrons. The zero-order valence-corrected chi connectivity index (χ0v) is 48.7. The largest absolute Gasteiger partial charge is 0.462 e. The summed E-state index contributed by atoms with van der Waals surface area (Å²) in [5.41, 5.74) is 0. The maximum absolute atomic E-state index is 12.9. The van der Waals surface area contributed by atoms with Crippen molar-refractivity contribution < 1.29 is 28.6 Å². The summed E-state index contributed by atoms with van der Waals surface area (Å²) in [7, 11) is 0. The molecule has 0 rings (SSSR count). The lowest BCUT2D eigenvalue weighted by Crippen LogP contribution is -2.30. The van der Waals surface area contributed by atoms with E-state index < -0.39 is 6.10 Å². The maximum atomic E-state index is 12.9. The molecule has 0 saturated carbocycles. The summed E-state index contributed by atoms with van der Waals surface area (Å²) < 4.78 is 17.0. The molecule has 6 nitrogen and oxygen atoms in total. The molecule has 0 fully saturated rings. The van der Waals surface area contributed by atoms with Crippen molar-refractivity contribution in [2.24, 2.45) is 5.92 Å². The average molecular weight is 1000 g/mol. The van der Waals surface area contributed by atoms with Crippen molar-refractivity contribution >= 4 is 17.9 Å². The van der Waals surface area contributed by atoms with E-state index in [1.165, 1.54) is 270 Å². The van der Waals surface area contributed by atoms with Crippen LogP contribution in [0.1, 0.15) is 374 Å². The molecule has 0 aromatic carbocycles. The molecule has 0 bridgehead atoms. The Morgan fingerprint density at radius 3 is 0.732 bits per heavy atom. The number of hydrogen-bond acceptors (Lipinski definition) is 6. The first-order valence-corrected chi connectivity index (χ1v) is 32.4. The van der Waals surface area contributed by atoms with Gasteiger partial charge in [0.25, 0.3) is 0 Å². The summed E-state index contributed by atoms with van der Waals surface area (Å²) in [5.74, 6) is 0.0830. The maximum Gasteiger partial charge on any atom is 0.306 e. The van der Waals surface area contributed by atoms with E-state index in [4.69, 9.17) is 14.2 Å². The molecule has 0 aromatic rings. The smallest absolute Gasteiger partial charge is 0.306 e. The third kappa shape index (κ3) is 57.5. The van der Waals surface area contributed by atoms with E-state index in [1.807, 2.05) is 0 Å². The summed E-state index contributed by atoms with van der Waals surface area (Å²) in [6.07, 6.45) is 66.7. The normalized spacial score (nSPS) is 12.3. The van der Waals surface area contributed by atoms with Crippen LogP contribution in [0.2, 0.25) is 0 Å². The highest BCUT2D eigenvalue weighted by molar-refractivity contribution is 5.71. The molecule has 2 atom stereocenters. The fraction of sp³-hybridized carbons (Fsp3) is 0.954. The third-order valence-corrected chi connectivity index (χ3v) is 15.4. The summed E-state index contributed by atoms with van der Waals surface area (Å²) in [5, 5.41) is 0. The second-order valence-corrected chi connectivity index (χ2v) is 22.6. The zero-order chi connectivity index (χ0) is 51.6. The Morgan fingerprint density at radius 2 is 0.493 bits per heavy atom. The van der Waals surface area contributed by atoms with Gasteiger partial charge in [0.2, 0.25) is 0 Å². The lowest BCUT2D eigenvalue weighted by Gasteiger charge is -2.18. The predicted octanol–water partition coefficient (Wildman–Crippen LogP) is 21.7. The van der Waals surface area contributed by atoms with Gasteiger partial charge >= 0.3 is 17.9 Å². The van der Waals surface area contributed by atoms with Crippen molar-refractivity contribution in [1.29, 1.82) is 0 Å². The molecule has 71 heavy (non-hydrogen) atoms. The van der Waals surface area contributed by atoms with Crippen LogP contribution >= 0.6 is 0 Å². The van der Waals surface area contributed by atoms with Gasteiger partial charge in [0.1, 0.15) is 13.2 Å². The Bertz CT molecular complexity index is 1080. The van der Waals surface area contributed by atoms with E-state index >= 15 is 0 Å². The fourth-order valence-electron chi connectivity index (χ4n) is 10.1. The highest BCUT2D eigenvalue weighted by Gasteiger charge is 2.19. The summed E-state index contributed by atoms with van der Waals surface area (Å²) >= 11 is 0. The van der Waals surface area contributed by atoms with Crippen molar-refractivity contribution in [3.8, 4) is 0 Å². The van der Waals surface area contributed by atoms with Crippen LogP contribution in [-0.2, 0) is 28.6 Å². The first-order valence-electron chi connectivity index (χ1n) is 32.4. The molecule has 6 heteroatoms. The SMILES string of the molecule is CCCCCCCCCCCCCCCCCCCCC(=O)O[C@H](COC(=O)CCCCCCCCCCCCCCC)COC(=O)CCCCCCCCCCCCCCCCCCCCC(C)CC. The second-order valence-electron chi connectivity index (χ2n) is 22.6. The van der Waals surface area contributed by atoms with Gasteiger partial charge < -0.3 is 14.2 Å². The topological polar surface area (TPSA) is 78.9 Å². The minimum Gasteiger partial charge on any atom is -0.462 e. The number of ether oxygens (including phenoxy) is 3. The lowest BCUT2D eigenvalue weighted by molar-refractivity contribution is -0.167. The first-order chi connectivity index (χ1) is 34.9. The van der Waals surface area contributed by atoms with Gasteiger partial charge in [-0.2, -0.15) is 0 Å². The van der Waals surface area contributed by atoms with Crippen LogP contribution in [0.3, 0.4) is 0 Å². The first kappa shape index (κ1) is 69.4. The van der Waals surface area contributed by atoms with E-state index in [9.17, 15) is 14.4 Å². The Labute approximate surface area is 444 Å². The number of esters is 3. The summed E-state index contributed by atoms with van der Waals surface area (Å²) in [4.78, 5) is 38.3. The monoisotopic (exact) mass is 1000 g/mol. The highest BCUT2D eigenvalue weighted by atomic mass is 16.6. The van der Waals surface area contributed by atoms with Gasteiger partial charge in [-0.25, -0.2) is 0 Å². The van der Waals surface area contributed by atoms with Crippen LogP contribution in [0.4, 0.5) is 0 Å². The standard InChI is InChI=1S/C65H126O6/c1-5-8-10-12-14-16-18-20-21-22-26-30-34-38-42-46-50-54-58-65(68)71-62(59-69-63(66)56-52-48-44-40-36-31-19-17-15-13-11-9-6-2)60-70-64(67)57-53-49-45-41-37-33-29-27-24-23-25-28-32-35-39-43-47-51-55-61(4)7-3/h61-62H,5-60H2,1-4H3/t61?,62-/m1/s1. The Balaban J connectivity index is 4.23. The van der Waals surface area contributed by atoms with Crippen molar-refractivity contribution in [2.45, 2.75) is 381 Å². The average Bonchev–Trinajstić information content (AvgIpc) is 3.37. The third-order valence-electron chi connectivity index (χ3n) is 15.4. The quantitative estimate of drug-likeness (QED) is 0.0343. The second kappa shape index (κ2) is 59.3. The minimum absolute atomic E-state index is 0.0611. The van der Waals surface area contributed by atoms with E-state index in [1.54, 1.807) is 0 Å². The van der Waals surface area contributed by atoms with Crippen molar-refractivity contribution in [1.82, 2.24) is 0 Å². The molecule has 0 aliphatic heterocycles. The molecular formula is C65H126O6. The van der Waals surface area contributed by atoms with E-state index in [2.05, 4.69) is 27.7 Å². The van der Waals surface area contributed by atoms with Crippen LogP contribution in [0.25, 0.3) is 0 Å². The van der Waals surface area contributed by atoms with E-state index in [0.717, 1.165) is 63.7 Å². The van der Waals surface area contributed by atoms with Crippen LogP contribution in [-0.4, -0.2) is 37.2 Å². The number of carbonyl (C=O) groups is 3. The van der Waals surface area contributed by atoms with E-state index in [-0.39, 0.29) is 31.1 Å². The van der Waals surface area contributed by atoms with Gasteiger partial charge in [0.15, 0.2) is 6.10 Å². The molecule has 0 heterocycles. The molecule has 0 N–H and O–H groups in total. The zero-order valence-electron chi connectivity index (χ0n) is 48.7. The van der Waals surface area contributed by atoms with E-state index in [0.29, 0.717) is 19.3 Å². The van der Waals surface area contributed by atoms with Crippen molar-refractivity contribution in [3.63, 3.8) is 0 Å². The molecule has 0 saturated heterocycles. The molecular weight excluding hydrogens is 877 g/mol. The molecule has 0 aromatic heterocycles. The number of unbranched alkanes of at least 4 members (excludes halogenated alkanes) is 46. The number of hydrogen-bond donors (Lipinski definition) is 0. The van der Waals surface area contributed by atoms with Gasteiger partial charge in [-0.1, -0.05) is 336 Å². The number of rotatable bonds is 60. The molecule has 0 amide bonds. The Morgan fingerprint density at radius 1 is 0.282 bits per heavy atom. The van der Waals surface area contributed by atoms with Crippen LogP contribution in [0, 0.1) is 5.92 Å². The van der Waals surface area contributed by atoms with Gasteiger partial charge in [0, 0.05) is 19.3 Å². The summed E-state index contributed by atoms with van der Waals surface area (Å²) in [6.45, 7) is 9.13. The Kier molecular flexibility index (Phi) is 58.0. The minimum atomic E-state index is -0.762. The Hall–Kier alpha value is -1.59. The number of carbonyl (C=O) groups excluding carboxylic acids is 3. The van der Waals surface area contributed by atoms with Gasteiger partial charge in [0.05, 0.1) is 0 Å². The highest BCUT2D eigenvalue weighted by Crippen LogP contribution is 2.19. The predicted molar refractivity (Wildman–Crippen MR) is 307 cm³/mol. The van der Waals surface area contributed by atoms with Gasteiger partial charge in [-0.15, -0.1) is 0 Å². The molecule has 0 aliphatic rings. The van der Waals surface area contributed by atoms with Crippen LogP contribution in [0.5, 0.6) is 0 Å². The summed E-state index contributed by atoms with van der Waals surface area (Å²) in [6, 6.07) is 0. The molecule has 0 aliphatic carbocycles. The molecule has 1 unspecified atom stereocenters. The molecule has 422 valence electrons. The van der Waals surface area contributed by atoms with Gasteiger partial charge in [-0.3, -0.25) is 14.4 Å². The molecule has 0 spiro atoms. The lowest BCUT2D eigenvalue weighted by atomic mass is 9.99. The van der Waals surface area contributed by atoms with Crippen LogP contribution in [0.15, 0.2) is 0 Å². The van der Waals surface area contributed by atoms with Crippen molar-refractivity contribution in [2.75, 3.05) is 13.2 Å².